The molecule has 0 unspecified atom stereocenters. The number of rotatable bonds is 4. The van der Waals surface area contributed by atoms with Crippen molar-refractivity contribution in [2.24, 2.45) is 0 Å². The van der Waals surface area contributed by atoms with E-state index in [9.17, 15) is 4.79 Å². The molecule has 0 saturated heterocycles. The minimum absolute atomic E-state index is 0.405. The van der Waals surface area contributed by atoms with Gasteiger partial charge in [0.05, 0.1) is 28.0 Å². The number of ether oxygens (including phenoxy) is 1. The molecule has 0 aliphatic heterocycles. The summed E-state index contributed by atoms with van der Waals surface area (Å²) in [5.74, 6) is 0.0271. The third-order valence-corrected chi connectivity index (χ3v) is 4.95. The molecule has 0 radical (unpaired) electrons. The molecule has 0 N–H and O–H groups in total. The Morgan fingerprint density at radius 1 is 0.581 bits per heavy atom. The second-order valence-electron chi connectivity index (χ2n) is 7.06. The van der Waals surface area contributed by atoms with E-state index in [0.717, 1.165) is 28.0 Å². The van der Waals surface area contributed by atoms with Gasteiger partial charge < -0.3 is 4.74 Å². The predicted octanol–water partition coefficient (Wildman–Crippen LogP) is 6.18. The average molecular weight is 402 g/mol. The summed E-state index contributed by atoms with van der Waals surface area (Å²) in [4.78, 5) is 22.2. The molecule has 5 aromatic rings. The van der Waals surface area contributed by atoms with Gasteiger partial charge in [-0.1, -0.05) is 78.9 Å². The van der Waals surface area contributed by atoms with Crippen molar-refractivity contribution in [2.45, 2.75) is 0 Å². The van der Waals surface area contributed by atoms with Crippen LogP contribution in [0.1, 0.15) is 10.4 Å². The monoisotopic (exact) mass is 402 g/mol. The molecule has 1 aromatic heterocycles. The first-order chi connectivity index (χ1) is 15.3. The topological polar surface area (TPSA) is 52.1 Å². The van der Waals surface area contributed by atoms with Crippen LogP contribution in [0.3, 0.4) is 0 Å². The lowest BCUT2D eigenvalue weighted by molar-refractivity contribution is 0.0735. The van der Waals surface area contributed by atoms with Gasteiger partial charge in [-0.3, -0.25) is 0 Å². The summed E-state index contributed by atoms with van der Waals surface area (Å²) in [5, 5.41) is 0. The summed E-state index contributed by atoms with van der Waals surface area (Å²) in [6.45, 7) is 0. The van der Waals surface area contributed by atoms with Crippen LogP contribution in [-0.4, -0.2) is 15.9 Å². The molecule has 5 rings (SSSR count). The second-order valence-corrected chi connectivity index (χ2v) is 7.06. The molecule has 0 atom stereocenters. The van der Waals surface area contributed by atoms with Crippen LogP contribution in [0.5, 0.6) is 5.75 Å². The number of hydrogen-bond donors (Lipinski definition) is 0. The summed E-state index contributed by atoms with van der Waals surface area (Å²) < 4.78 is 5.56. The van der Waals surface area contributed by atoms with Gasteiger partial charge in [0, 0.05) is 17.2 Å². The fourth-order valence-electron chi connectivity index (χ4n) is 3.43. The Labute approximate surface area is 179 Å². The Hall–Kier alpha value is -4.31. The highest BCUT2D eigenvalue weighted by molar-refractivity contribution is 5.92. The van der Waals surface area contributed by atoms with Crippen molar-refractivity contribution in [1.82, 2.24) is 9.97 Å². The van der Waals surface area contributed by atoms with Crippen LogP contribution in [0.4, 0.5) is 0 Å². The molecule has 4 aromatic carbocycles. The van der Waals surface area contributed by atoms with Gasteiger partial charge in [-0.05, 0) is 24.3 Å². The van der Waals surface area contributed by atoms with E-state index in [1.165, 1.54) is 0 Å². The van der Waals surface area contributed by atoms with E-state index in [4.69, 9.17) is 14.7 Å². The highest BCUT2D eigenvalue weighted by Crippen LogP contribution is 2.31. The van der Waals surface area contributed by atoms with E-state index in [1.54, 1.807) is 36.4 Å². The van der Waals surface area contributed by atoms with Gasteiger partial charge >= 0.3 is 5.97 Å². The van der Waals surface area contributed by atoms with E-state index in [-0.39, 0.29) is 0 Å². The highest BCUT2D eigenvalue weighted by Gasteiger charge is 2.14. The molecule has 0 spiro atoms. The van der Waals surface area contributed by atoms with Crippen molar-refractivity contribution < 1.29 is 9.53 Å². The number of aromatic nitrogens is 2. The lowest BCUT2D eigenvalue weighted by Crippen LogP contribution is -2.08. The Morgan fingerprint density at radius 3 is 1.68 bits per heavy atom. The normalized spacial score (nSPS) is 10.7. The predicted molar refractivity (Wildman–Crippen MR) is 122 cm³/mol. The van der Waals surface area contributed by atoms with Gasteiger partial charge in [0.25, 0.3) is 0 Å². The molecule has 4 heteroatoms. The maximum Gasteiger partial charge on any atom is 0.343 e. The van der Waals surface area contributed by atoms with Gasteiger partial charge in [0.1, 0.15) is 5.75 Å². The minimum Gasteiger partial charge on any atom is -0.423 e. The number of fused-ring (bicyclic) bond motifs is 1. The van der Waals surface area contributed by atoms with Crippen LogP contribution in [0.15, 0.2) is 109 Å². The van der Waals surface area contributed by atoms with Gasteiger partial charge in [-0.15, -0.1) is 0 Å². The lowest BCUT2D eigenvalue weighted by Gasteiger charge is -2.11. The number of nitrogens with zero attached hydrogens (tertiary/aromatic N) is 2. The summed E-state index contributed by atoms with van der Waals surface area (Å²) >= 11 is 0. The molecule has 0 aliphatic rings. The van der Waals surface area contributed by atoms with Crippen LogP contribution in [0.25, 0.3) is 33.5 Å². The smallest absolute Gasteiger partial charge is 0.343 e. The van der Waals surface area contributed by atoms with E-state index in [0.29, 0.717) is 16.8 Å². The first-order valence-electron chi connectivity index (χ1n) is 9.98. The summed E-state index contributed by atoms with van der Waals surface area (Å²) in [7, 11) is 0. The molecule has 0 saturated carbocycles. The standard InChI is InChI=1S/C27H18N2O2/c30-27(21-14-8-3-9-15-21)31-22-16-17-23-24(18-22)29-26(20-12-6-2-7-13-20)25(28-23)19-10-4-1-5-11-19/h1-18H. The minimum atomic E-state index is -0.405. The Bertz CT molecular complexity index is 1350. The number of carbonyl (C=O) groups excluding carboxylic acids is 1. The van der Waals surface area contributed by atoms with Crippen molar-refractivity contribution in [2.75, 3.05) is 0 Å². The molecule has 0 bridgehead atoms. The highest BCUT2D eigenvalue weighted by atomic mass is 16.5. The number of esters is 1. The maximum atomic E-state index is 12.4. The zero-order chi connectivity index (χ0) is 21.0. The number of carbonyl (C=O) groups is 1. The lowest BCUT2D eigenvalue weighted by atomic mass is 10.0. The molecule has 0 fully saturated rings. The van der Waals surface area contributed by atoms with Crippen LogP contribution >= 0.6 is 0 Å². The molecule has 148 valence electrons. The summed E-state index contributed by atoms with van der Waals surface area (Å²) in [6.07, 6.45) is 0. The number of hydrogen-bond acceptors (Lipinski definition) is 4. The molecular formula is C27H18N2O2. The Morgan fingerprint density at radius 2 is 1.10 bits per heavy atom. The molecule has 1 heterocycles. The van der Waals surface area contributed by atoms with Crippen molar-refractivity contribution in [1.29, 1.82) is 0 Å². The average Bonchev–Trinajstić information content (AvgIpc) is 2.85. The summed E-state index contributed by atoms with van der Waals surface area (Å²) in [6, 6.07) is 34.2. The van der Waals surface area contributed by atoms with Crippen LogP contribution in [0, 0.1) is 0 Å². The van der Waals surface area contributed by atoms with Crippen LogP contribution < -0.4 is 4.74 Å². The van der Waals surface area contributed by atoms with Crippen molar-refractivity contribution in [3.05, 3.63) is 115 Å². The van der Waals surface area contributed by atoms with Gasteiger partial charge in [0.15, 0.2) is 0 Å². The first kappa shape index (κ1) is 18.7. The Balaban J connectivity index is 1.60. The van der Waals surface area contributed by atoms with Crippen LogP contribution in [0.2, 0.25) is 0 Å². The quantitative estimate of drug-likeness (QED) is 0.266. The third kappa shape index (κ3) is 3.91. The molecule has 0 amide bonds. The van der Waals surface area contributed by atoms with Crippen LogP contribution in [-0.2, 0) is 0 Å². The fourth-order valence-corrected chi connectivity index (χ4v) is 3.43. The fraction of sp³-hybridized carbons (Fsp3) is 0. The van der Waals surface area contributed by atoms with Crippen molar-refractivity contribution >= 4 is 17.0 Å². The largest absolute Gasteiger partial charge is 0.423 e. The summed E-state index contributed by atoms with van der Waals surface area (Å²) in [5.41, 5.74) is 5.46. The van der Waals surface area contributed by atoms with Crippen molar-refractivity contribution in [3.63, 3.8) is 0 Å². The molecule has 31 heavy (non-hydrogen) atoms. The van der Waals surface area contributed by atoms with E-state index in [2.05, 4.69) is 0 Å². The molecule has 4 nitrogen and oxygen atoms in total. The Kier molecular flexibility index (Phi) is 4.95. The van der Waals surface area contributed by atoms with Crippen molar-refractivity contribution in [3.8, 4) is 28.3 Å². The SMILES string of the molecule is O=C(Oc1ccc2nc(-c3ccccc3)c(-c3ccccc3)nc2c1)c1ccccc1. The third-order valence-electron chi connectivity index (χ3n) is 4.95. The molecule has 0 aliphatic carbocycles. The van der Waals surface area contributed by atoms with E-state index in [1.807, 2.05) is 72.8 Å². The first-order valence-corrected chi connectivity index (χ1v) is 9.98. The van der Waals surface area contributed by atoms with E-state index < -0.39 is 5.97 Å². The number of benzene rings is 4. The zero-order valence-corrected chi connectivity index (χ0v) is 16.6. The second kappa shape index (κ2) is 8.20. The van der Waals surface area contributed by atoms with Gasteiger partial charge in [-0.2, -0.15) is 0 Å². The van der Waals surface area contributed by atoms with Gasteiger partial charge in [-0.25, -0.2) is 14.8 Å². The maximum absolute atomic E-state index is 12.4. The zero-order valence-electron chi connectivity index (χ0n) is 16.6. The van der Waals surface area contributed by atoms with E-state index >= 15 is 0 Å². The van der Waals surface area contributed by atoms with Gasteiger partial charge in [0.2, 0.25) is 0 Å². The molecular weight excluding hydrogens is 384 g/mol.